The smallest absolute Gasteiger partial charge is 0.223 e. The number of rotatable bonds is 5. The van der Waals surface area contributed by atoms with E-state index >= 15 is 0 Å². The highest BCUT2D eigenvalue weighted by molar-refractivity contribution is 6.30. The quantitative estimate of drug-likeness (QED) is 0.574. The first-order valence-corrected chi connectivity index (χ1v) is 8.34. The maximum absolute atomic E-state index is 5.91. The molecule has 0 amide bonds. The Morgan fingerprint density at radius 2 is 1.62 bits per heavy atom. The first-order chi connectivity index (χ1) is 11.6. The first-order valence-electron chi connectivity index (χ1n) is 7.59. The highest BCUT2D eigenvalue weighted by Crippen LogP contribution is 2.22. The Hall–Kier alpha value is -2.10. The largest absolute Gasteiger partial charge is 0.493 e. The summed E-state index contributed by atoms with van der Waals surface area (Å²) in [6.07, 6.45) is 0.833. The van der Waals surface area contributed by atoms with Gasteiger partial charge in [0, 0.05) is 22.7 Å². The second kappa shape index (κ2) is 7.65. The third-order valence-electron chi connectivity index (χ3n) is 3.55. The molecule has 3 nitrogen and oxygen atoms in total. The summed E-state index contributed by atoms with van der Waals surface area (Å²) < 4.78 is 5.79. The van der Waals surface area contributed by atoms with Crippen LogP contribution in [0.4, 0.5) is 0 Å². The van der Waals surface area contributed by atoms with Crippen LogP contribution in [0.25, 0.3) is 11.3 Å². The Morgan fingerprint density at radius 1 is 0.917 bits per heavy atom. The molecule has 0 aliphatic carbocycles. The van der Waals surface area contributed by atoms with E-state index < -0.39 is 0 Å². The summed E-state index contributed by atoms with van der Waals surface area (Å²) in [7, 11) is 0. The Labute approximate surface area is 151 Å². The number of aromatic nitrogens is 2. The van der Waals surface area contributed by atoms with Crippen LogP contribution in [0.1, 0.15) is 11.3 Å². The van der Waals surface area contributed by atoms with Crippen LogP contribution in [0.3, 0.4) is 0 Å². The molecule has 0 aliphatic heterocycles. The molecule has 3 aromatic rings. The van der Waals surface area contributed by atoms with Gasteiger partial charge in [-0.15, -0.1) is 0 Å². The van der Waals surface area contributed by atoms with Gasteiger partial charge in [0.1, 0.15) is 5.75 Å². The van der Waals surface area contributed by atoms with E-state index in [1.165, 1.54) is 5.56 Å². The van der Waals surface area contributed by atoms with E-state index in [-0.39, 0.29) is 5.28 Å². The predicted octanol–water partition coefficient (Wildman–Crippen LogP) is 5.38. The van der Waals surface area contributed by atoms with E-state index in [0.29, 0.717) is 6.61 Å². The average molecular weight is 359 g/mol. The van der Waals surface area contributed by atoms with E-state index in [1.54, 1.807) is 0 Å². The molecule has 0 fully saturated rings. The van der Waals surface area contributed by atoms with E-state index in [1.807, 2.05) is 61.5 Å². The maximum atomic E-state index is 5.91. The summed E-state index contributed by atoms with van der Waals surface area (Å²) in [6, 6.07) is 17.5. The molecule has 0 bridgehead atoms. The molecular formula is C19H16Cl2N2O. The lowest BCUT2D eigenvalue weighted by Crippen LogP contribution is -2.01. The lowest BCUT2D eigenvalue weighted by Gasteiger charge is -2.08. The SMILES string of the molecule is Cc1cc(-c2ccc(OCCc3ccc(Cl)cc3)cc2)nc(Cl)n1. The molecule has 1 heterocycles. The molecule has 0 unspecified atom stereocenters. The zero-order valence-electron chi connectivity index (χ0n) is 13.2. The summed E-state index contributed by atoms with van der Waals surface area (Å²) in [5.74, 6) is 0.824. The van der Waals surface area contributed by atoms with Gasteiger partial charge in [-0.3, -0.25) is 0 Å². The lowest BCUT2D eigenvalue weighted by molar-refractivity contribution is 0.322. The van der Waals surface area contributed by atoms with E-state index in [2.05, 4.69) is 9.97 Å². The van der Waals surface area contributed by atoms with Gasteiger partial charge in [0.2, 0.25) is 5.28 Å². The molecule has 5 heteroatoms. The summed E-state index contributed by atoms with van der Waals surface area (Å²) in [4.78, 5) is 8.32. The van der Waals surface area contributed by atoms with Crippen molar-refractivity contribution in [2.75, 3.05) is 6.61 Å². The predicted molar refractivity (Wildman–Crippen MR) is 97.9 cm³/mol. The fraction of sp³-hybridized carbons (Fsp3) is 0.158. The van der Waals surface area contributed by atoms with E-state index in [0.717, 1.165) is 34.1 Å². The van der Waals surface area contributed by atoms with Gasteiger partial charge in [-0.25, -0.2) is 9.97 Å². The summed E-state index contributed by atoms with van der Waals surface area (Å²) in [5, 5.41) is 1.00. The number of aryl methyl sites for hydroxylation is 1. The lowest BCUT2D eigenvalue weighted by atomic mass is 10.1. The standard InChI is InChI=1S/C19H16Cl2N2O/c1-13-12-18(23-19(21)22-13)15-4-8-17(9-5-15)24-11-10-14-2-6-16(20)7-3-14/h2-9,12H,10-11H2,1H3. The molecule has 0 radical (unpaired) electrons. The minimum absolute atomic E-state index is 0.258. The third kappa shape index (κ3) is 4.47. The topological polar surface area (TPSA) is 35.0 Å². The van der Waals surface area contributed by atoms with E-state index in [9.17, 15) is 0 Å². The number of ether oxygens (including phenoxy) is 1. The van der Waals surface area contributed by atoms with Gasteiger partial charge in [-0.1, -0.05) is 23.7 Å². The van der Waals surface area contributed by atoms with Gasteiger partial charge < -0.3 is 4.74 Å². The summed E-state index contributed by atoms with van der Waals surface area (Å²) in [5.41, 5.74) is 3.82. The van der Waals surface area contributed by atoms with Gasteiger partial charge in [0.15, 0.2) is 0 Å². The molecule has 2 aromatic carbocycles. The number of benzene rings is 2. The highest BCUT2D eigenvalue weighted by Gasteiger charge is 2.04. The number of hydrogen-bond acceptors (Lipinski definition) is 3. The molecule has 122 valence electrons. The molecular weight excluding hydrogens is 343 g/mol. The zero-order valence-corrected chi connectivity index (χ0v) is 14.7. The van der Waals surface area contributed by atoms with Crippen molar-refractivity contribution in [3.63, 3.8) is 0 Å². The Kier molecular flexibility index (Phi) is 5.34. The van der Waals surface area contributed by atoms with Crippen molar-refractivity contribution in [2.45, 2.75) is 13.3 Å². The number of nitrogens with zero attached hydrogens (tertiary/aromatic N) is 2. The minimum Gasteiger partial charge on any atom is -0.493 e. The van der Waals surface area contributed by atoms with Crippen LogP contribution in [0, 0.1) is 6.92 Å². The van der Waals surface area contributed by atoms with Gasteiger partial charge >= 0.3 is 0 Å². The van der Waals surface area contributed by atoms with Crippen LogP contribution >= 0.6 is 23.2 Å². The molecule has 0 spiro atoms. The molecule has 0 atom stereocenters. The molecule has 0 N–H and O–H groups in total. The van der Waals surface area contributed by atoms with Crippen LogP contribution < -0.4 is 4.74 Å². The van der Waals surface area contributed by atoms with Crippen LogP contribution in [0.5, 0.6) is 5.75 Å². The molecule has 0 aliphatic rings. The van der Waals surface area contributed by atoms with Crippen molar-refractivity contribution >= 4 is 23.2 Å². The molecule has 0 saturated carbocycles. The highest BCUT2D eigenvalue weighted by atomic mass is 35.5. The molecule has 24 heavy (non-hydrogen) atoms. The van der Waals surface area contributed by atoms with Crippen molar-refractivity contribution in [2.24, 2.45) is 0 Å². The van der Waals surface area contributed by atoms with Gasteiger partial charge in [-0.2, -0.15) is 0 Å². The second-order valence-corrected chi connectivity index (χ2v) is 6.19. The molecule has 1 aromatic heterocycles. The van der Waals surface area contributed by atoms with E-state index in [4.69, 9.17) is 27.9 Å². The first kappa shape index (κ1) is 16.7. The monoisotopic (exact) mass is 358 g/mol. The van der Waals surface area contributed by atoms with Crippen LogP contribution in [-0.2, 0) is 6.42 Å². The molecule has 3 rings (SSSR count). The van der Waals surface area contributed by atoms with Crippen molar-refractivity contribution in [3.05, 3.63) is 76.2 Å². The zero-order chi connectivity index (χ0) is 16.9. The van der Waals surface area contributed by atoms with Gasteiger partial charge in [0.05, 0.1) is 12.3 Å². The van der Waals surface area contributed by atoms with Crippen molar-refractivity contribution in [1.29, 1.82) is 0 Å². The average Bonchev–Trinajstić information content (AvgIpc) is 2.56. The van der Waals surface area contributed by atoms with Crippen LogP contribution in [-0.4, -0.2) is 16.6 Å². The molecule has 0 saturated heterocycles. The van der Waals surface area contributed by atoms with Crippen LogP contribution in [0.15, 0.2) is 54.6 Å². The summed E-state index contributed by atoms with van der Waals surface area (Å²) in [6.45, 7) is 2.50. The minimum atomic E-state index is 0.258. The fourth-order valence-corrected chi connectivity index (χ4v) is 2.69. The number of hydrogen-bond donors (Lipinski definition) is 0. The Morgan fingerprint density at radius 3 is 2.29 bits per heavy atom. The fourth-order valence-electron chi connectivity index (χ4n) is 2.34. The summed E-state index contributed by atoms with van der Waals surface area (Å²) >= 11 is 11.8. The van der Waals surface area contributed by atoms with Crippen molar-refractivity contribution in [1.82, 2.24) is 9.97 Å². The maximum Gasteiger partial charge on any atom is 0.223 e. The third-order valence-corrected chi connectivity index (χ3v) is 3.97. The van der Waals surface area contributed by atoms with Crippen molar-refractivity contribution < 1.29 is 4.74 Å². The number of halogens is 2. The van der Waals surface area contributed by atoms with Gasteiger partial charge in [0.25, 0.3) is 0 Å². The Balaban J connectivity index is 1.61. The van der Waals surface area contributed by atoms with Gasteiger partial charge in [-0.05, 0) is 66.6 Å². The van der Waals surface area contributed by atoms with Crippen molar-refractivity contribution in [3.8, 4) is 17.0 Å². The second-order valence-electron chi connectivity index (χ2n) is 5.41. The van der Waals surface area contributed by atoms with Crippen LogP contribution in [0.2, 0.25) is 10.3 Å². The normalized spacial score (nSPS) is 10.6. The Bertz CT molecular complexity index is 798.